The van der Waals surface area contributed by atoms with Crippen molar-refractivity contribution in [3.05, 3.63) is 29.3 Å². The Kier molecular flexibility index (Phi) is 5.57. The van der Waals surface area contributed by atoms with Crippen molar-refractivity contribution in [2.75, 3.05) is 60.0 Å². The molecule has 0 saturated carbocycles. The number of benzene rings is 1. The summed E-state index contributed by atoms with van der Waals surface area (Å²) in [6.07, 6.45) is 0.927. The first-order valence-electron chi connectivity index (χ1n) is 8.66. The number of likely N-dealkylation sites (tertiary alicyclic amines) is 1. The van der Waals surface area contributed by atoms with Crippen LogP contribution >= 0.6 is 11.6 Å². The summed E-state index contributed by atoms with van der Waals surface area (Å²) < 4.78 is 5.53. The smallest absolute Gasteiger partial charge is 0.336 e. The molecule has 3 rings (SSSR count). The Balaban J connectivity index is 1.63. The maximum atomic E-state index is 13.1. The number of carbonyl (C=O) groups excluding carboxylic acids is 1. The fourth-order valence-electron chi connectivity index (χ4n) is 3.83. The van der Waals surface area contributed by atoms with Crippen LogP contribution in [-0.4, -0.2) is 81.8 Å². The van der Waals surface area contributed by atoms with Crippen LogP contribution in [0.3, 0.4) is 0 Å². The summed E-state index contributed by atoms with van der Waals surface area (Å²) in [5, 5.41) is 0.709. The molecule has 24 heavy (non-hydrogen) atoms. The summed E-state index contributed by atoms with van der Waals surface area (Å²) in [6, 6.07) is 7.73. The molecule has 0 aliphatic carbocycles. The van der Waals surface area contributed by atoms with Crippen molar-refractivity contribution in [1.29, 1.82) is 0 Å². The van der Waals surface area contributed by atoms with Crippen LogP contribution < -0.4 is 4.48 Å². The van der Waals surface area contributed by atoms with Crippen LogP contribution in [0.4, 0.5) is 5.69 Å². The van der Waals surface area contributed by atoms with E-state index < -0.39 is 0 Å². The highest BCUT2D eigenvalue weighted by atomic mass is 35.5. The standard InChI is InChI=1S/C18H27ClN3O2/c1-22(16-5-3-15(19)4-6-16)13-7-17(18(22)23)21-10-8-20(9-11-21)12-14-24-2/h3-6,17H,7-14H2,1-2H3/q+1. The zero-order valence-electron chi connectivity index (χ0n) is 14.6. The van der Waals surface area contributed by atoms with E-state index in [-0.39, 0.29) is 6.04 Å². The lowest BCUT2D eigenvalue weighted by Gasteiger charge is -2.37. The summed E-state index contributed by atoms with van der Waals surface area (Å²) in [4.78, 5) is 17.9. The molecule has 2 atom stereocenters. The zero-order valence-corrected chi connectivity index (χ0v) is 15.3. The topological polar surface area (TPSA) is 32.8 Å². The molecular weight excluding hydrogens is 326 g/mol. The van der Waals surface area contributed by atoms with Crippen LogP contribution in [0.5, 0.6) is 0 Å². The van der Waals surface area contributed by atoms with Crippen molar-refractivity contribution in [2.24, 2.45) is 0 Å². The van der Waals surface area contributed by atoms with Crippen LogP contribution in [0.2, 0.25) is 5.02 Å². The molecule has 6 heteroatoms. The minimum Gasteiger partial charge on any atom is -0.383 e. The van der Waals surface area contributed by atoms with Gasteiger partial charge in [-0.3, -0.25) is 9.80 Å². The predicted octanol–water partition coefficient (Wildman–Crippen LogP) is 1.84. The molecule has 0 aromatic heterocycles. The number of methoxy groups -OCH3 is 1. The Bertz CT molecular complexity index is 572. The largest absolute Gasteiger partial charge is 0.383 e. The summed E-state index contributed by atoms with van der Waals surface area (Å²) in [7, 11) is 3.77. The van der Waals surface area contributed by atoms with Gasteiger partial charge in [-0.1, -0.05) is 11.6 Å². The minimum absolute atomic E-state index is 0.0373. The van der Waals surface area contributed by atoms with E-state index in [2.05, 4.69) is 9.80 Å². The van der Waals surface area contributed by atoms with E-state index >= 15 is 0 Å². The van der Waals surface area contributed by atoms with Gasteiger partial charge in [0.2, 0.25) is 0 Å². The van der Waals surface area contributed by atoms with Crippen LogP contribution in [0.15, 0.2) is 24.3 Å². The molecule has 1 amide bonds. The summed E-state index contributed by atoms with van der Waals surface area (Å²) in [6.45, 7) is 6.54. The number of ether oxygens (including phenoxy) is 1. The van der Waals surface area contributed by atoms with Gasteiger partial charge in [0.25, 0.3) is 0 Å². The van der Waals surface area contributed by atoms with Crippen molar-refractivity contribution in [3.8, 4) is 0 Å². The van der Waals surface area contributed by atoms with Gasteiger partial charge in [-0.2, -0.15) is 0 Å². The van der Waals surface area contributed by atoms with Crippen LogP contribution in [0.25, 0.3) is 0 Å². The number of quaternary nitrogens is 1. The van der Waals surface area contributed by atoms with Crippen LogP contribution in [0.1, 0.15) is 6.42 Å². The Morgan fingerprint density at radius 2 is 1.88 bits per heavy atom. The maximum absolute atomic E-state index is 13.1. The average molecular weight is 353 g/mol. The van der Waals surface area contributed by atoms with Gasteiger partial charge in [-0.15, -0.1) is 0 Å². The van der Waals surface area contributed by atoms with Crippen molar-refractivity contribution in [3.63, 3.8) is 0 Å². The first-order chi connectivity index (χ1) is 11.5. The molecular formula is C18H27ClN3O2+. The summed E-state index contributed by atoms with van der Waals surface area (Å²) in [5.74, 6) is 0.308. The fourth-order valence-corrected chi connectivity index (χ4v) is 3.95. The molecule has 2 aliphatic heterocycles. The Morgan fingerprint density at radius 1 is 1.21 bits per heavy atom. The lowest BCUT2D eigenvalue weighted by atomic mass is 10.1. The van der Waals surface area contributed by atoms with Gasteiger partial charge in [-0.25, -0.2) is 9.28 Å². The van der Waals surface area contributed by atoms with Gasteiger partial charge in [-0.05, 0) is 12.1 Å². The highest BCUT2D eigenvalue weighted by Gasteiger charge is 2.49. The number of hydrogen-bond donors (Lipinski definition) is 0. The minimum atomic E-state index is 0.0373. The molecule has 0 N–H and O–H groups in total. The highest BCUT2D eigenvalue weighted by Crippen LogP contribution is 2.32. The van der Waals surface area contributed by atoms with E-state index in [1.165, 1.54) is 0 Å². The van der Waals surface area contributed by atoms with Gasteiger partial charge in [0.1, 0.15) is 11.7 Å². The second kappa shape index (κ2) is 7.50. The zero-order chi connectivity index (χ0) is 17.2. The number of nitrogens with zero attached hydrogens (tertiary/aromatic N) is 3. The number of likely N-dealkylation sites (N-methyl/N-ethyl adjacent to an activating group) is 1. The van der Waals surface area contributed by atoms with Crippen molar-refractivity contribution in [1.82, 2.24) is 14.3 Å². The van der Waals surface area contributed by atoms with Crippen LogP contribution in [0, 0.1) is 0 Å². The normalized spacial score (nSPS) is 29.3. The summed E-state index contributed by atoms with van der Waals surface area (Å²) >= 11 is 5.99. The van der Waals surface area contributed by atoms with Gasteiger partial charge in [0.15, 0.2) is 0 Å². The number of piperazine rings is 1. The molecule has 0 radical (unpaired) electrons. The van der Waals surface area contributed by atoms with E-state index in [1.54, 1.807) is 7.11 Å². The Morgan fingerprint density at radius 3 is 2.50 bits per heavy atom. The monoisotopic (exact) mass is 352 g/mol. The second-order valence-corrected chi connectivity index (χ2v) is 7.34. The summed E-state index contributed by atoms with van der Waals surface area (Å²) in [5.41, 5.74) is 1.03. The number of amides is 1. The van der Waals surface area contributed by atoms with Gasteiger partial charge >= 0.3 is 5.91 Å². The molecule has 2 aliphatic rings. The molecule has 5 nitrogen and oxygen atoms in total. The van der Waals surface area contributed by atoms with Gasteiger partial charge in [0, 0.05) is 63.4 Å². The molecule has 2 saturated heterocycles. The molecule has 0 bridgehead atoms. The van der Waals surface area contributed by atoms with E-state index in [9.17, 15) is 4.79 Å². The third-order valence-corrected chi connectivity index (χ3v) is 5.73. The first kappa shape index (κ1) is 17.8. The van der Waals surface area contributed by atoms with E-state index in [0.717, 1.165) is 58.0 Å². The molecule has 2 fully saturated rings. The van der Waals surface area contributed by atoms with Gasteiger partial charge < -0.3 is 4.74 Å². The Hall–Kier alpha value is -0.980. The van der Waals surface area contributed by atoms with Crippen molar-refractivity contribution < 1.29 is 9.53 Å². The molecule has 132 valence electrons. The SMILES string of the molecule is COCCN1CCN(C2CC[N+](C)(c3ccc(Cl)cc3)C2=O)CC1. The number of hydrogen-bond acceptors (Lipinski definition) is 4. The molecule has 2 heterocycles. The molecule has 1 aromatic carbocycles. The number of carbonyl (C=O) groups is 1. The van der Waals surface area contributed by atoms with Crippen molar-refractivity contribution in [2.45, 2.75) is 12.5 Å². The molecule has 1 aromatic rings. The molecule has 0 spiro atoms. The molecule has 2 unspecified atom stereocenters. The Labute approximate surface area is 149 Å². The first-order valence-corrected chi connectivity index (χ1v) is 9.04. The fraction of sp³-hybridized carbons (Fsp3) is 0.611. The lowest BCUT2D eigenvalue weighted by Crippen LogP contribution is -2.56. The predicted molar refractivity (Wildman–Crippen MR) is 97.3 cm³/mol. The number of rotatable bonds is 5. The average Bonchev–Trinajstić information content (AvgIpc) is 2.90. The third kappa shape index (κ3) is 3.51. The van der Waals surface area contributed by atoms with E-state index in [1.807, 2.05) is 31.3 Å². The van der Waals surface area contributed by atoms with E-state index in [4.69, 9.17) is 16.3 Å². The third-order valence-electron chi connectivity index (χ3n) is 5.48. The van der Waals surface area contributed by atoms with Gasteiger partial charge in [0.05, 0.1) is 20.2 Å². The van der Waals surface area contributed by atoms with Crippen molar-refractivity contribution >= 4 is 23.2 Å². The van der Waals surface area contributed by atoms with E-state index in [0.29, 0.717) is 15.4 Å². The second-order valence-electron chi connectivity index (χ2n) is 6.90. The highest BCUT2D eigenvalue weighted by molar-refractivity contribution is 6.30. The quantitative estimate of drug-likeness (QED) is 0.757. The maximum Gasteiger partial charge on any atom is 0.336 e. The lowest BCUT2D eigenvalue weighted by molar-refractivity contribution is -0.131. The van der Waals surface area contributed by atoms with Crippen LogP contribution in [-0.2, 0) is 9.53 Å². The number of halogens is 1.